The van der Waals surface area contributed by atoms with Gasteiger partial charge in [-0.3, -0.25) is 9.89 Å². The SMILES string of the molecule is Cc1cccc(-c2cc(NC(=O)C3CNCc4ccccc43)n[nH]2)c1C.O=C(O)C(F)(F)F. The van der Waals surface area contributed by atoms with Crippen LogP contribution in [0.1, 0.15) is 28.2 Å². The molecule has 0 fully saturated rings. The molecule has 1 aromatic heterocycles. The number of aromatic nitrogens is 2. The number of carboxylic acids is 1. The fourth-order valence-corrected chi connectivity index (χ4v) is 3.51. The second kappa shape index (κ2) is 9.86. The number of anilines is 1. The molecule has 3 aromatic rings. The highest BCUT2D eigenvalue weighted by molar-refractivity contribution is 5.96. The van der Waals surface area contributed by atoms with Gasteiger partial charge < -0.3 is 15.7 Å². The fraction of sp³-hybridized carbons (Fsp3) is 0.261. The van der Waals surface area contributed by atoms with E-state index in [1.807, 2.05) is 30.3 Å². The third-order valence-electron chi connectivity index (χ3n) is 5.38. The minimum Gasteiger partial charge on any atom is -0.475 e. The number of rotatable bonds is 3. The Bertz CT molecular complexity index is 1160. The number of nitrogens with zero attached hydrogens (tertiary/aromatic N) is 1. The number of alkyl halides is 3. The summed E-state index contributed by atoms with van der Waals surface area (Å²) in [6.45, 7) is 5.62. The van der Waals surface area contributed by atoms with Crippen molar-refractivity contribution in [3.8, 4) is 11.3 Å². The molecule has 2 heterocycles. The highest BCUT2D eigenvalue weighted by Crippen LogP contribution is 2.27. The lowest BCUT2D eigenvalue weighted by Crippen LogP contribution is -2.35. The van der Waals surface area contributed by atoms with Gasteiger partial charge in [-0.25, -0.2) is 4.79 Å². The van der Waals surface area contributed by atoms with Gasteiger partial charge in [-0.05, 0) is 36.1 Å². The Morgan fingerprint density at radius 1 is 1.12 bits per heavy atom. The first-order valence-electron chi connectivity index (χ1n) is 10.1. The van der Waals surface area contributed by atoms with Crippen molar-refractivity contribution in [2.45, 2.75) is 32.5 Å². The van der Waals surface area contributed by atoms with Crippen LogP contribution in [-0.4, -0.2) is 39.9 Å². The summed E-state index contributed by atoms with van der Waals surface area (Å²) in [4.78, 5) is 21.7. The monoisotopic (exact) mass is 460 g/mol. The molecule has 1 aliphatic heterocycles. The Labute approximate surface area is 188 Å². The van der Waals surface area contributed by atoms with Crippen LogP contribution in [0.15, 0.2) is 48.5 Å². The number of halogens is 3. The number of carboxylic acid groups (broad SMARTS) is 1. The number of nitrogens with one attached hydrogen (secondary N) is 3. The smallest absolute Gasteiger partial charge is 0.475 e. The number of benzene rings is 2. The van der Waals surface area contributed by atoms with E-state index in [0.29, 0.717) is 12.4 Å². The molecule has 4 rings (SSSR count). The van der Waals surface area contributed by atoms with Gasteiger partial charge in [0.05, 0.1) is 11.6 Å². The Balaban J connectivity index is 0.000000383. The molecule has 1 unspecified atom stereocenters. The number of aryl methyl sites for hydroxylation is 1. The van der Waals surface area contributed by atoms with Crippen LogP contribution < -0.4 is 10.6 Å². The summed E-state index contributed by atoms with van der Waals surface area (Å²) in [5.41, 5.74) is 6.71. The third-order valence-corrected chi connectivity index (χ3v) is 5.38. The Hall–Kier alpha value is -3.66. The minimum atomic E-state index is -5.08. The second-order valence-electron chi connectivity index (χ2n) is 7.59. The molecule has 1 aliphatic rings. The van der Waals surface area contributed by atoms with Crippen molar-refractivity contribution in [2.24, 2.45) is 0 Å². The number of fused-ring (bicyclic) bond motifs is 1. The lowest BCUT2D eigenvalue weighted by Gasteiger charge is -2.25. The lowest BCUT2D eigenvalue weighted by molar-refractivity contribution is -0.192. The standard InChI is InChI=1S/C21H22N4O.C2HF3O2/c1-13-6-5-9-16(14(13)2)19-10-20(25-24-19)23-21(26)18-12-22-11-15-7-3-4-8-17(15)18;3-2(4,5)1(6)7/h3-10,18,22H,11-12H2,1-2H3,(H2,23,24,25,26);(H,6,7). The molecule has 7 nitrogen and oxygen atoms in total. The van der Waals surface area contributed by atoms with E-state index in [9.17, 15) is 18.0 Å². The third kappa shape index (κ3) is 5.78. The average Bonchev–Trinajstić information content (AvgIpc) is 3.23. The Kier molecular flexibility index (Phi) is 7.17. The van der Waals surface area contributed by atoms with Crippen molar-refractivity contribution in [3.05, 3.63) is 70.8 Å². The maximum absolute atomic E-state index is 12.8. The summed E-state index contributed by atoms with van der Waals surface area (Å²) in [7, 11) is 0. The molecular weight excluding hydrogens is 437 g/mol. The van der Waals surface area contributed by atoms with E-state index >= 15 is 0 Å². The van der Waals surface area contributed by atoms with E-state index in [-0.39, 0.29) is 11.8 Å². The molecule has 0 radical (unpaired) electrons. The van der Waals surface area contributed by atoms with Crippen molar-refractivity contribution in [1.29, 1.82) is 0 Å². The highest BCUT2D eigenvalue weighted by Gasteiger charge is 2.38. The number of aliphatic carboxylic acids is 1. The van der Waals surface area contributed by atoms with Crippen LogP contribution in [0.5, 0.6) is 0 Å². The molecule has 2 aromatic carbocycles. The van der Waals surface area contributed by atoms with E-state index in [0.717, 1.165) is 23.4 Å². The first-order chi connectivity index (χ1) is 15.6. The van der Waals surface area contributed by atoms with Crippen molar-refractivity contribution in [2.75, 3.05) is 11.9 Å². The molecule has 0 saturated heterocycles. The molecule has 0 spiro atoms. The van der Waals surface area contributed by atoms with Gasteiger partial charge in [-0.1, -0.05) is 42.5 Å². The van der Waals surface area contributed by atoms with E-state index in [2.05, 4.69) is 52.9 Å². The van der Waals surface area contributed by atoms with Crippen molar-refractivity contribution < 1.29 is 27.9 Å². The maximum atomic E-state index is 12.8. The van der Waals surface area contributed by atoms with E-state index in [4.69, 9.17) is 9.90 Å². The van der Waals surface area contributed by atoms with Gasteiger partial charge >= 0.3 is 12.1 Å². The number of hydrogen-bond donors (Lipinski definition) is 4. The molecular formula is C23H23F3N4O3. The predicted octanol–water partition coefficient (Wildman–Crippen LogP) is 4.15. The van der Waals surface area contributed by atoms with Crippen LogP contribution >= 0.6 is 0 Å². The average molecular weight is 460 g/mol. The molecule has 0 bridgehead atoms. The van der Waals surface area contributed by atoms with E-state index in [1.54, 1.807) is 0 Å². The molecule has 0 aliphatic carbocycles. The van der Waals surface area contributed by atoms with Crippen LogP contribution in [-0.2, 0) is 16.1 Å². The summed E-state index contributed by atoms with van der Waals surface area (Å²) in [6, 6.07) is 16.2. The summed E-state index contributed by atoms with van der Waals surface area (Å²) in [5, 5.41) is 20.7. The van der Waals surface area contributed by atoms with Gasteiger partial charge in [0.2, 0.25) is 5.91 Å². The molecule has 33 heavy (non-hydrogen) atoms. The van der Waals surface area contributed by atoms with Crippen LogP contribution in [0.25, 0.3) is 11.3 Å². The van der Waals surface area contributed by atoms with Crippen LogP contribution in [0.4, 0.5) is 19.0 Å². The van der Waals surface area contributed by atoms with Crippen molar-refractivity contribution in [3.63, 3.8) is 0 Å². The van der Waals surface area contributed by atoms with Crippen molar-refractivity contribution >= 4 is 17.7 Å². The minimum absolute atomic E-state index is 0.0383. The number of H-pyrrole nitrogens is 1. The highest BCUT2D eigenvalue weighted by atomic mass is 19.4. The quantitative estimate of drug-likeness (QED) is 0.470. The van der Waals surface area contributed by atoms with Crippen LogP contribution in [0, 0.1) is 13.8 Å². The second-order valence-corrected chi connectivity index (χ2v) is 7.59. The van der Waals surface area contributed by atoms with Crippen LogP contribution in [0.3, 0.4) is 0 Å². The van der Waals surface area contributed by atoms with Gasteiger partial charge in [0.25, 0.3) is 0 Å². The summed E-state index contributed by atoms with van der Waals surface area (Å²) in [6.07, 6.45) is -5.08. The van der Waals surface area contributed by atoms with E-state index in [1.165, 1.54) is 16.7 Å². The molecule has 1 amide bonds. The summed E-state index contributed by atoms with van der Waals surface area (Å²) < 4.78 is 31.7. The van der Waals surface area contributed by atoms with Crippen molar-refractivity contribution in [1.82, 2.24) is 15.5 Å². The maximum Gasteiger partial charge on any atom is 0.490 e. The van der Waals surface area contributed by atoms with Crippen LogP contribution in [0.2, 0.25) is 0 Å². The summed E-state index contributed by atoms with van der Waals surface area (Å²) >= 11 is 0. The zero-order chi connectivity index (χ0) is 24.2. The number of carbonyl (C=O) groups excluding carboxylic acids is 1. The molecule has 4 N–H and O–H groups in total. The number of aromatic amines is 1. The predicted molar refractivity (Wildman–Crippen MR) is 117 cm³/mol. The van der Waals surface area contributed by atoms with Gasteiger partial charge in [0.15, 0.2) is 5.82 Å². The van der Waals surface area contributed by atoms with Gasteiger partial charge in [-0.15, -0.1) is 0 Å². The van der Waals surface area contributed by atoms with Gasteiger partial charge in [0, 0.05) is 24.7 Å². The largest absolute Gasteiger partial charge is 0.490 e. The number of amides is 1. The zero-order valence-electron chi connectivity index (χ0n) is 18.0. The molecule has 0 saturated carbocycles. The Morgan fingerprint density at radius 2 is 1.82 bits per heavy atom. The topological polar surface area (TPSA) is 107 Å². The van der Waals surface area contributed by atoms with Gasteiger partial charge in [-0.2, -0.15) is 18.3 Å². The molecule has 1 atom stereocenters. The van der Waals surface area contributed by atoms with Gasteiger partial charge in [0.1, 0.15) is 0 Å². The summed E-state index contributed by atoms with van der Waals surface area (Å²) in [5.74, 6) is -2.45. The normalized spacial score (nSPS) is 15.1. The zero-order valence-corrected chi connectivity index (χ0v) is 18.0. The Morgan fingerprint density at radius 3 is 2.52 bits per heavy atom. The van der Waals surface area contributed by atoms with E-state index < -0.39 is 12.1 Å². The molecule has 10 heteroatoms. The number of carbonyl (C=O) groups is 2. The number of hydrogen-bond acceptors (Lipinski definition) is 4. The molecule has 174 valence electrons. The fourth-order valence-electron chi connectivity index (χ4n) is 3.51. The first kappa shape index (κ1) is 24.0. The first-order valence-corrected chi connectivity index (χ1v) is 10.1. The lowest BCUT2D eigenvalue weighted by atomic mass is 9.90.